The normalized spacial score (nSPS) is 11.7. The van der Waals surface area contributed by atoms with Crippen molar-refractivity contribution >= 4 is 17.6 Å². The zero-order valence-corrected chi connectivity index (χ0v) is 9.88. The van der Waals surface area contributed by atoms with Crippen LogP contribution in [0.3, 0.4) is 0 Å². The lowest BCUT2D eigenvalue weighted by molar-refractivity contribution is -0.137. The highest BCUT2D eigenvalue weighted by molar-refractivity contribution is 6.29. The molecule has 84 valence electrons. The fourth-order valence-electron chi connectivity index (χ4n) is 1.37. The zero-order chi connectivity index (χ0) is 11.6. The molecule has 0 unspecified atom stereocenters. The van der Waals surface area contributed by atoms with Crippen molar-refractivity contribution < 1.29 is 9.90 Å². The molecule has 0 aliphatic carbocycles. The van der Waals surface area contributed by atoms with E-state index in [0.29, 0.717) is 11.7 Å². The zero-order valence-electron chi connectivity index (χ0n) is 9.12. The van der Waals surface area contributed by atoms with Gasteiger partial charge in [0.1, 0.15) is 11.0 Å². The number of carbonyl (C=O) groups is 1. The molecule has 1 heterocycles. The molecule has 0 saturated carbocycles. The minimum absolute atomic E-state index is 0.0547. The third-order valence-corrected chi connectivity index (χ3v) is 2.33. The first kappa shape index (κ1) is 12.0. The maximum absolute atomic E-state index is 10.5. The Bertz CT molecular complexity index is 366. The summed E-state index contributed by atoms with van der Waals surface area (Å²) in [5.74, 6) is -0.0200. The lowest BCUT2D eigenvalue weighted by atomic mass is 9.95. The predicted octanol–water partition coefficient (Wildman–Crippen LogP) is 2.31. The minimum atomic E-state index is -0.834. The Labute approximate surface area is 93.9 Å². The van der Waals surface area contributed by atoms with E-state index in [1.165, 1.54) is 0 Å². The Morgan fingerprint density at radius 1 is 1.60 bits per heavy atom. The van der Waals surface area contributed by atoms with Crippen molar-refractivity contribution in [3.63, 3.8) is 0 Å². The number of imidazole rings is 1. The summed E-state index contributed by atoms with van der Waals surface area (Å²) in [6, 6.07) is 0. The average molecular weight is 231 g/mol. The third-order valence-electron chi connectivity index (χ3n) is 2.03. The van der Waals surface area contributed by atoms with Crippen LogP contribution < -0.4 is 0 Å². The van der Waals surface area contributed by atoms with Crippen LogP contribution in [0.2, 0.25) is 5.15 Å². The van der Waals surface area contributed by atoms with Crippen LogP contribution in [0.1, 0.15) is 33.0 Å². The quantitative estimate of drug-likeness (QED) is 0.867. The number of rotatable bonds is 3. The van der Waals surface area contributed by atoms with Gasteiger partial charge in [-0.05, 0) is 0 Å². The van der Waals surface area contributed by atoms with E-state index in [0.717, 1.165) is 5.82 Å². The smallest absolute Gasteiger partial charge is 0.305 e. The van der Waals surface area contributed by atoms with Gasteiger partial charge in [0, 0.05) is 12.0 Å². The first-order chi connectivity index (χ1) is 6.82. The Morgan fingerprint density at radius 3 is 2.67 bits per heavy atom. The van der Waals surface area contributed by atoms with Gasteiger partial charge in [0.05, 0.1) is 12.6 Å². The number of carboxylic acids is 1. The van der Waals surface area contributed by atoms with Crippen molar-refractivity contribution in [2.24, 2.45) is 0 Å². The molecule has 1 rings (SSSR count). The number of hydrogen-bond acceptors (Lipinski definition) is 2. The summed E-state index contributed by atoms with van der Waals surface area (Å²) in [5, 5.41) is 9.11. The largest absolute Gasteiger partial charge is 0.481 e. The van der Waals surface area contributed by atoms with Crippen LogP contribution in [0.25, 0.3) is 0 Å². The standard InChI is InChI=1S/C10H15ClN2O2/c1-10(2,3)9-12-6-7(11)13(9)5-4-8(14)15/h6H,4-5H2,1-3H3,(H,14,15). The van der Waals surface area contributed by atoms with E-state index in [1.54, 1.807) is 10.8 Å². The van der Waals surface area contributed by atoms with Gasteiger partial charge in [-0.1, -0.05) is 32.4 Å². The van der Waals surface area contributed by atoms with Gasteiger partial charge in [-0.2, -0.15) is 0 Å². The van der Waals surface area contributed by atoms with E-state index < -0.39 is 5.97 Å². The van der Waals surface area contributed by atoms with Gasteiger partial charge in [0.25, 0.3) is 0 Å². The molecule has 0 aliphatic heterocycles. The summed E-state index contributed by atoms with van der Waals surface area (Å²) in [4.78, 5) is 14.7. The maximum atomic E-state index is 10.5. The van der Waals surface area contributed by atoms with Crippen molar-refractivity contribution in [1.82, 2.24) is 9.55 Å². The van der Waals surface area contributed by atoms with E-state index in [2.05, 4.69) is 4.98 Å². The fraction of sp³-hybridized carbons (Fsp3) is 0.600. The summed E-state index contributed by atoms with van der Waals surface area (Å²) >= 11 is 5.94. The van der Waals surface area contributed by atoms with Crippen LogP contribution >= 0.6 is 11.6 Å². The topological polar surface area (TPSA) is 55.1 Å². The molecule has 1 aromatic heterocycles. The lowest BCUT2D eigenvalue weighted by Crippen LogP contribution is -2.20. The molecule has 0 spiro atoms. The summed E-state index contributed by atoms with van der Waals surface area (Å²) in [5.41, 5.74) is -0.133. The van der Waals surface area contributed by atoms with E-state index in [9.17, 15) is 4.79 Å². The molecule has 0 aromatic carbocycles. The van der Waals surface area contributed by atoms with Crippen molar-refractivity contribution in [3.8, 4) is 0 Å². The number of aromatic nitrogens is 2. The molecular formula is C10H15ClN2O2. The third kappa shape index (κ3) is 2.96. The van der Waals surface area contributed by atoms with E-state index in [-0.39, 0.29) is 11.8 Å². The van der Waals surface area contributed by atoms with Gasteiger partial charge in [-0.3, -0.25) is 4.79 Å². The maximum Gasteiger partial charge on any atom is 0.305 e. The second kappa shape index (κ2) is 4.23. The van der Waals surface area contributed by atoms with E-state index >= 15 is 0 Å². The van der Waals surface area contributed by atoms with Gasteiger partial charge >= 0.3 is 5.97 Å². The molecule has 15 heavy (non-hydrogen) atoms. The molecule has 0 bridgehead atoms. The molecule has 0 aliphatic rings. The molecule has 0 radical (unpaired) electrons. The Hall–Kier alpha value is -1.03. The van der Waals surface area contributed by atoms with Crippen molar-refractivity contribution in [2.45, 2.75) is 39.2 Å². The Kier molecular flexibility index (Phi) is 3.39. The highest BCUT2D eigenvalue weighted by atomic mass is 35.5. The van der Waals surface area contributed by atoms with E-state index in [4.69, 9.17) is 16.7 Å². The first-order valence-electron chi connectivity index (χ1n) is 4.75. The van der Waals surface area contributed by atoms with Crippen LogP contribution in [0.5, 0.6) is 0 Å². The lowest BCUT2D eigenvalue weighted by Gasteiger charge is -2.19. The predicted molar refractivity (Wildman–Crippen MR) is 58.2 cm³/mol. The fourth-order valence-corrected chi connectivity index (χ4v) is 1.59. The van der Waals surface area contributed by atoms with Gasteiger partial charge < -0.3 is 9.67 Å². The molecule has 0 saturated heterocycles. The Balaban J connectivity index is 2.95. The molecule has 0 amide bonds. The van der Waals surface area contributed by atoms with Crippen LogP contribution in [-0.2, 0) is 16.8 Å². The number of nitrogens with zero attached hydrogens (tertiary/aromatic N) is 2. The first-order valence-corrected chi connectivity index (χ1v) is 5.13. The highest BCUT2D eigenvalue weighted by Crippen LogP contribution is 2.24. The van der Waals surface area contributed by atoms with Crippen molar-refractivity contribution in [2.75, 3.05) is 0 Å². The van der Waals surface area contributed by atoms with Crippen molar-refractivity contribution in [3.05, 3.63) is 17.2 Å². The highest BCUT2D eigenvalue weighted by Gasteiger charge is 2.21. The monoisotopic (exact) mass is 230 g/mol. The summed E-state index contributed by atoms with van der Waals surface area (Å²) in [6.45, 7) is 6.41. The van der Waals surface area contributed by atoms with Crippen LogP contribution in [-0.4, -0.2) is 20.6 Å². The summed E-state index contributed by atoms with van der Waals surface area (Å²) < 4.78 is 1.75. The molecule has 1 N–H and O–H groups in total. The SMILES string of the molecule is CC(C)(C)c1ncc(Cl)n1CCC(=O)O. The van der Waals surface area contributed by atoms with Gasteiger partial charge in [0.15, 0.2) is 0 Å². The molecule has 0 atom stereocenters. The minimum Gasteiger partial charge on any atom is -0.481 e. The molecule has 4 nitrogen and oxygen atoms in total. The van der Waals surface area contributed by atoms with Crippen LogP contribution in [0.4, 0.5) is 0 Å². The molecule has 0 fully saturated rings. The van der Waals surface area contributed by atoms with E-state index in [1.807, 2.05) is 20.8 Å². The van der Waals surface area contributed by atoms with Crippen LogP contribution in [0.15, 0.2) is 6.20 Å². The number of hydrogen-bond donors (Lipinski definition) is 1. The molecule has 5 heteroatoms. The van der Waals surface area contributed by atoms with Gasteiger partial charge in [-0.15, -0.1) is 0 Å². The molecular weight excluding hydrogens is 216 g/mol. The second-order valence-electron chi connectivity index (χ2n) is 4.45. The van der Waals surface area contributed by atoms with Gasteiger partial charge in [0.2, 0.25) is 0 Å². The summed E-state index contributed by atoms with van der Waals surface area (Å²) in [7, 11) is 0. The Morgan fingerprint density at radius 2 is 2.20 bits per heavy atom. The average Bonchev–Trinajstić information content (AvgIpc) is 2.42. The number of carboxylic acid groups (broad SMARTS) is 1. The second-order valence-corrected chi connectivity index (χ2v) is 4.84. The summed E-state index contributed by atoms with van der Waals surface area (Å²) in [6.07, 6.45) is 1.61. The molecule has 1 aromatic rings. The number of halogens is 1. The van der Waals surface area contributed by atoms with Crippen molar-refractivity contribution in [1.29, 1.82) is 0 Å². The van der Waals surface area contributed by atoms with Gasteiger partial charge in [-0.25, -0.2) is 4.98 Å². The number of aliphatic carboxylic acids is 1. The van der Waals surface area contributed by atoms with Crippen LogP contribution in [0, 0.1) is 0 Å².